The second kappa shape index (κ2) is 6.00. The molecule has 6 heteroatoms. The molecular weight excluding hydrogens is 239 g/mol. The predicted molar refractivity (Wildman–Crippen MR) is 62.2 cm³/mol. The molecule has 0 saturated carbocycles. The van der Waals surface area contributed by atoms with E-state index < -0.39 is 0 Å². The van der Waals surface area contributed by atoms with Gasteiger partial charge in [-0.05, 0) is 13.0 Å². The molecule has 0 bridgehead atoms. The maximum Gasteiger partial charge on any atom is 0.211 e. The Morgan fingerprint density at radius 1 is 1.47 bits per heavy atom. The Morgan fingerprint density at radius 3 is 2.93 bits per heavy atom. The van der Waals surface area contributed by atoms with Gasteiger partial charge in [-0.25, -0.2) is 4.98 Å². The lowest BCUT2D eigenvalue weighted by Gasteiger charge is -2.10. The minimum atomic E-state index is 0. The molecule has 0 aromatic carbocycles. The molecule has 1 aliphatic heterocycles. The predicted octanol–water partition coefficient (Wildman–Crippen LogP) is 1.50. The lowest BCUT2D eigenvalue weighted by atomic mass is 10.3. The lowest BCUT2D eigenvalue weighted by Crippen LogP contribution is -2.25. The molecule has 2 rings (SSSR count). The molecule has 1 aromatic rings. The third-order valence-electron chi connectivity index (χ3n) is 1.97. The van der Waals surface area contributed by atoms with E-state index in [2.05, 4.69) is 10.3 Å². The maximum atomic E-state index is 9.15. The Hall–Kier alpha value is -0.710. The van der Waals surface area contributed by atoms with E-state index >= 15 is 0 Å². The van der Waals surface area contributed by atoms with E-state index in [-0.39, 0.29) is 36.8 Å². The Balaban J connectivity index is 0.000000980. The average Bonchev–Trinajstić information content (AvgIpc) is 2.25. The van der Waals surface area contributed by atoms with Gasteiger partial charge in [0.2, 0.25) is 5.88 Å². The maximum absolute atomic E-state index is 9.15. The first-order valence-electron chi connectivity index (χ1n) is 4.32. The van der Waals surface area contributed by atoms with Crippen LogP contribution in [0.2, 0.25) is 0 Å². The molecule has 1 atom stereocenters. The molecule has 0 amide bonds. The van der Waals surface area contributed by atoms with Crippen molar-refractivity contribution >= 4 is 24.8 Å². The summed E-state index contributed by atoms with van der Waals surface area (Å²) in [5.41, 5.74) is 0.768. The summed E-state index contributed by atoms with van der Waals surface area (Å²) in [7, 11) is 0. The number of fused-ring (bicyclic) bond motifs is 1. The van der Waals surface area contributed by atoms with E-state index in [1.54, 1.807) is 6.07 Å². The van der Waals surface area contributed by atoms with Crippen LogP contribution in [0.15, 0.2) is 12.1 Å². The summed E-state index contributed by atoms with van der Waals surface area (Å²) >= 11 is 0. The summed E-state index contributed by atoms with van der Waals surface area (Å²) in [5, 5.41) is 12.3. The number of ether oxygens (including phenoxy) is 1. The SMILES string of the molecule is C[C@@H]1CNCc2nc(O)ccc2O1.Cl.Cl. The van der Waals surface area contributed by atoms with E-state index in [1.165, 1.54) is 6.07 Å². The van der Waals surface area contributed by atoms with Gasteiger partial charge in [0.15, 0.2) is 0 Å². The second-order valence-electron chi connectivity index (χ2n) is 3.17. The smallest absolute Gasteiger partial charge is 0.211 e. The fraction of sp³-hybridized carbons (Fsp3) is 0.444. The Labute approximate surface area is 101 Å². The van der Waals surface area contributed by atoms with Crippen molar-refractivity contribution in [1.82, 2.24) is 10.3 Å². The number of nitrogens with one attached hydrogen (secondary N) is 1. The molecule has 0 fully saturated rings. The molecule has 86 valence electrons. The summed E-state index contributed by atoms with van der Waals surface area (Å²) in [4.78, 5) is 3.98. The summed E-state index contributed by atoms with van der Waals surface area (Å²) in [6, 6.07) is 3.29. The van der Waals surface area contributed by atoms with Crippen LogP contribution in [0, 0.1) is 0 Å². The minimum absolute atomic E-state index is 0. The third-order valence-corrected chi connectivity index (χ3v) is 1.97. The van der Waals surface area contributed by atoms with Crippen LogP contribution in [0.4, 0.5) is 0 Å². The number of rotatable bonds is 0. The number of aromatic hydroxyl groups is 1. The molecule has 4 nitrogen and oxygen atoms in total. The highest BCUT2D eigenvalue weighted by Crippen LogP contribution is 2.22. The van der Waals surface area contributed by atoms with Crippen LogP contribution < -0.4 is 10.1 Å². The van der Waals surface area contributed by atoms with Crippen LogP contribution in [0.25, 0.3) is 0 Å². The van der Waals surface area contributed by atoms with Gasteiger partial charge in [-0.1, -0.05) is 0 Å². The number of hydrogen-bond donors (Lipinski definition) is 2. The number of pyridine rings is 1. The van der Waals surface area contributed by atoms with Gasteiger partial charge in [0.1, 0.15) is 17.5 Å². The van der Waals surface area contributed by atoms with Gasteiger partial charge in [0, 0.05) is 19.2 Å². The average molecular weight is 253 g/mol. The molecule has 1 aromatic heterocycles. The third kappa shape index (κ3) is 3.41. The van der Waals surface area contributed by atoms with Crippen molar-refractivity contribution in [2.45, 2.75) is 19.6 Å². The molecule has 0 spiro atoms. The molecule has 15 heavy (non-hydrogen) atoms. The van der Waals surface area contributed by atoms with Gasteiger partial charge in [-0.3, -0.25) is 0 Å². The van der Waals surface area contributed by atoms with Crippen LogP contribution in [0.5, 0.6) is 11.6 Å². The summed E-state index contributed by atoms with van der Waals surface area (Å²) in [5.74, 6) is 0.800. The first kappa shape index (κ1) is 14.3. The van der Waals surface area contributed by atoms with E-state index in [9.17, 15) is 0 Å². The zero-order valence-corrected chi connectivity index (χ0v) is 9.90. The quantitative estimate of drug-likeness (QED) is 0.735. The normalized spacial score (nSPS) is 18.6. The molecule has 0 aliphatic carbocycles. The topological polar surface area (TPSA) is 54.4 Å². The van der Waals surface area contributed by atoms with Crippen LogP contribution in [0.3, 0.4) is 0 Å². The van der Waals surface area contributed by atoms with Crippen molar-refractivity contribution < 1.29 is 9.84 Å². The van der Waals surface area contributed by atoms with Crippen molar-refractivity contribution in [2.75, 3.05) is 6.54 Å². The lowest BCUT2D eigenvalue weighted by molar-refractivity contribution is 0.225. The van der Waals surface area contributed by atoms with Crippen molar-refractivity contribution in [3.63, 3.8) is 0 Å². The van der Waals surface area contributed by atoms with Gasteiger partial charge >= 0.3 is 0 Å². The van der Waals surface area contributed by atoms with E-state index in [0.29, 0.717) is 6.54 Å². The molecule has 1 aliphatic rings. The highest BCUT2D eigenvalue weighted by molar-refractivity contribution is 5.85. The highest BCUT2D eigenvalue weighted by atomic mass is 35.5. The molecule has 0 saturated heterocycles. The van der Waals surface area contributed by atoms with E-state index in [4.69, 9.17) is 9.84 Å². The summed E-state index contributed by atoms with van der Waals surface area (Å²) in [6.07, 6.45) is 0.146. The molecule has 2 N–H and O–H groups in total. The van der Waals surface area contributed by atoms with E-state index in [0.717, 1.165) is 18.0 Å². The van der Waals surface area contributed by atoms with Gasteiger partial charge in [0.25, 0.3) is 0 Å². The molecule has 0 radical (unpaired) electrons. The number of hydrogen-bond acceptors (Lipinski definition) is 4. The highest BCUT2D eigenvalue weighted by Gasteiger charge is 2.14. The fourth-order valence-corrected chi connectivity index (χ4v) is 1.36. The van der Waals surface area contributed by atoms with Gasteiger partial charge < -0.3 is 15.2 Å². The molecule has 0 unspecified atom stereocenters. The van der Waals surface area contributed by atoms with Crippen molar-refractivity contribution in [3.05, 3.63) is 17.8 Å². The van der Waals surface area contributed by atoms with E-state index in [1.807, 2.05) is 6.92 Å². The molecular formula is C9H14Cl2N2O2. The van der Waals surface area contributed by atoms with Gasteiger partial charge in [0.05, 0.1) is 0 Å². The monoisotopic (exact) mass is 252 g/mol. The molecule has 2 heterocycles. The number of halogens is 2. The summed E-state index contributed by atoms with van der Waals surface area (Å²) in [6.45, 7) is 3.44. The van der Waals surface area contributed by atoms with Crippen molar-refractivity contribution in [1.29, 1.82) is 0 Å². The zero-order chi connectivity index (χ0) is 9.26. The number of nitrogens with zero attached hydrogens (tertiary/aromatic N) is 1. The summed E-state index contributed by atoms with van der Waals surface area (Å²) < 4.78 is 5.58. The van der Waals surface area contributed by atoms with Gasteiger partial charge in [-0.15, -0.1) is 24.8 Å². The zero-order valence-electron chi connectivity index (χ0n) is 8.27. The second-order valence-corrected chi connectivity index (χ2v) is 3.17. The minimum Gasteiger partial charge on any atom is -0.493 e. The Kier molecular flexibility index (Phi) is 5.72. The van der Waals surface area contributed by atoms with Crippen molar-refractivity contribution in [2.24, 2.45) is 0 Å². The Bertz CT molecular complexity index is 323. The number of aromatic nitrogens is 1. The fourth-order valence-electron chi connectivity index (χ4n) is 1.36. The van der Waals surface area contributed by atoms with Crippen LogP contribution in [-0.2, 0) is 6.54 Å². The standard InChI is InChI=1S/C9H12N2O2.2ClH/c1-6-4-10-5-7-8(13-6)2-3-9(12)11-7;;/h2-3,6,10H,4-5H2,1H3,(H,11,12);2*1H/t6-;;/m1../s1. The first-order chi connectivity index (χ1) is 6.25. The van der Waals surface area contributed by atoms with Gasteiger partial charge in [-0.2, -0.15) is 0 Å². The van der Waals surface area contributed by atoms with Crippen LogP contribution in [-0.4, -0.2) is 22.7 Å². The van der Waals surface area contributed by atoms with Crippen LogP contribution in [0.1, 0.15) is 12.6 Å². The first-order valence-corrected chi connectivity index (χ1v) is 4.32. The van der Waals surface area contributed by atoms with Crippen molar-refractivity contribution in [3.8, 4) is 11.6 Å². The van der Waals surface area contributed by atoms with Crippen LogP contribution >= 0.6 is 24.8 Å². The largest absolute Gasteiger partial charge is 0.493 e. The Morgan fingerprint density at radius 2 is 2.20 bits per heavy atom.